The van der Waals surface area contributed by atoms with Crippen molar-refractivity contribution in [1.29, 1.82) is 0 Å². The van der Waals surface area contributed by atoms with Crippen LogP contribution in [0.25, 0.3) is 11.4 Å². The van der Waals surface area contributed by atoms with E-state index in [9.17, 15) is 4.79 Å². The summed E-state index contributed by atoms with van der Waals surface area (Å²) in [6.45, 7) is 1.98. The Labute approximate surface area is 152 Å². The molecule has 0 aliphatic heterocycles. The van der Waals surface area contributed by atoms with E-state index in [1.807, 2.05) is 61.5 Å². The van der Waals surface area contributed by atoms with Crippen LogP contribution in [0.5, 0.6) is 5.75 Å². The van der Waals surface area contributed by atoms with Gasteiger partial charge in [0.1, 0.15) is 12.3 Å². The highest BCUT2D eigenvalue weighted by molar-refractivity contribution is 5.76. The van der Waals surface area contributed by atoms with Crippen LogP contribution in [0.15, 0.2) is 54.6 Å². The Kier molecular flexibility index (Phi) is 5.26. The molecule has 0 fully saturated rings. The van der Waals surface area contributed by atoms with Gasteiger partial charge in [0.05, 0.1) is 13.2 Å². The minimum atomic E-state index is -0.143. The third-order valence-corrected chi connectivity index (χ3v) is 4.32. The van der Waals surface area contributed by atoms with Crippen LogP contribution in [0.1, 0.15) is 18.5 Å². The molecule has 1 heterocycles. The van der Waals surface area contributed by atoms with E-state index in [4.69, 9.17) is 4.74 Å². The number of ether oxygens (including phenoxy) is 1. The predicted octanol–water partition coefficient (Wildman–Crippen LogP) is 2.57. The first kappa shape index (κ1) is 17.6. The number of amides is 1. The average molecular weight is 351 g/mol. The molecule has 0 N–H and O–H groups in total. The maximum atomic E-state index is 12.6. The third-order valence-electron chi connectivity index (χ3n) is 4.32. The quantitative estimate of drug-likeness (QED) is 0.682. The largest absolute Gasteiger partial charge is 0.496 e. The monoisotopic (exact) mass is 351 g/mol. The predicted molar refractivity (Wildman–Crippen MR) is 97.4 cm³/mol. The van der Waals surface area contributed by atoms with E-state index in [-0.39, 0.29) is 18.5 Å². The van der Waals surface area contributed by atoms with Gasteiger partial charge in [-0.05, 0) is 18.2 Å². The molecule has 3 aromatic rings. The standard InChI is InChI=1S/C19H21N5O2/c1-14(16-11-7-8-12-17(16)26-3)23(2)18(25)13-24-21-19(20-22-24)15-9-5-4-6-10-15/h4-12,14H,13H2,1-3H3. The highest BCUT2D eigenvalue weighted by atomic mass is 16.5. The second-order valence-electron chi connectivity index (χ2n) is 5.93. The number of nitrogens with zero attached hydrogens (tertiary/aromatic N) is 5. The summed E-state index contributed by atoms with van der Waals surface area (Å²) in [5, 5.41) is 12.3. The van der Waals surface area contributed by atoms with Crippen LogP contribution in [0, 0.1) is 0 Å². The molecule has 26 heavy (non-hydrogen) atoms. The van der Waals surface area contributed by atoms with Gasteiger partial charge in [-0.3, -0.25) is 4.79 Å². The fraction of sp³-hybridized carbons (Fsp3) is 0.263. The zero-order chi connectivity index (χ0) is 18.5. The van der Waals surface area contributed by atoms with Crippen LogP contribution in [-0.4, -0.2) is 45.2 Å². The van der Waals surface area contributed by atoms with Crippen molar-refractivity contribution in [2.75, 3.05) is 14.2 Å². The summed E-state index contributed by atoms with van der Waals surface area (Å²) in [7, 11) is 3.38. The Bertz CT molecular complexity index is 878. The zero-order valence-electron chi connectivity index (χ0n) is 15.0. The number of benzene rings is 2. The van der Waals surface area contributed by atoms with Crippen molar-refractivity contribution < 1.29 is 9.53 Å². The highest BCUT2D eigenvalue weighted by Gasteiger charge is 2.21. The number of carbonyl (C=O) groups excluding carboxylic acids is 1. The number of likely N-dealkylation sites (N-methyl/N-ethyl adjacent to an activating group) is 1. The molecule has 0 bridgehead atoms. The van der Waals surface area contributed by atoms with Crippen LogP contribution in [0.4, 0.5) is 0 Å². The minimum Gasteiger partial charge on any atom is -0.496 e. The first-order chi connectivity index (χ1) is 12.6. The lowest BCUT2D eigenvalue weighted by Gasteiger charge is -2.26. The molecule has 1 amide bonds. The fourth-order valence-electron chi connectivity index (χ4n) is 2.68. The van der Waals surface area contributed by atoms with Crippen molar-refractivity contribution >= 4 is 5.91 Å². The smallest absolute Gasteiger partial charge is 0.246 e. The van der Waals surface area contributed by atoms with Crippen molar-refractivity contribution in [2.24, 2.45) is 0 Å². The molecule has 134 valence electrons. The molecule has 3 rings (SSSR count). The van der Waals surface area contributed by atoms with Gasteiger partial charge >= 0.3 is 0 Å². The molecule has 0 aliphatic carbocycles. The van der Waals surface area contributed by atoms with E-state index in [0.29, 0.717) is 5.82 Å². The Hall–Kier alpha value is -3.22. The number of aromatic nitrogens is 4. The van der Waals surface area contributed by atoms with Gasteiger partial charge < -0.3 is 9.64 Å². The summed E-state index contributed by atoms with van der Waals surface area (Å²) in [6, 6.07) is 17.1. The summed E-state index contributed by atoms with van der Waals surface area (Å²) in [5.41, 5.74) is 1.81. The lowest BCUT2D eigenvalue weighted by Crippen LogP contribution is -2.33. The molecular formula is C19H21N5O2. The second-order valence-corrected chi connectivity index (χ2v) is 5.93. The van der Waals surface area contributed by atoms with E-state index in [0.717, 1.165) is 16.9 Å². The van der Waals surface area contributed by atoms with Gasteiger partial charge in [0.2, 0.25) is 11.7 Å². The maximum Gasteiger partial charge on any atom is 0.246 e. The number of carbonyl (C=O) groups is 1. The van der Waals surface area contributed by atoms with Crippen molar-refractivity contribution in [3.63, 3.8) is 0 Å². The van der Waals surface area contributed by atoms with Crippen molar-refractivity contribution in [2.45, 2.75) is 19.5 Å². The maximum absolute atomic E-state index is 12.6. The van der Waals surface area contributed by atoms with Crippen LogP contribution in [0.3, 0.4) is 0 Å². The van der Waals surface area contributed by atoms with E-state index in [1.165, 1.54) is 4.80 Å². The van der Waals surface area contributed by atoms with Crippen molar-refractivity contribution in [1.82, 2.24) is 25.1 Å². The Morgan fingerprint density at radius 2 is 1.85 bits per heavy atom. The number of hydrogen-bond acceptors (Lipinski definition) is 5. The Morgan fingerprint density at radius 3 is 2.58 bits per heavy atom. The van der Waals surface area contributed by atoms with Crippen LogP contribution >= 0.6 is 0 Å². The highest BCUT2D eigenvalue weighted by Crippen LogP contribution is 2.28. The average Bonchev–Trinajstić information content (AvgIpc) is 3.16. The fourth-order valence-corrected chi connectivity index (χ4v) is 2.68. The molecule has 2 aromatic carbocycles. The lowest BCUT2D eigenvalue weighted by atomic mass is 10.1. The zero-order valence-corrected chi connectivity index (χ0v) is 15.0. The van der Waals surface area contributed by atoms with Gasteiger partial charge in [0, 0.05) is 18.2 Å². The first-order valence-electron chi connectivity index (χ1n) is 8.32. The molecule has 0 aliphatic rings. The van der Waals surface area contributed by atoms with Gasteiger partial charge in [-0.2, -0.15) is 4.80 Å². The second kappa shape index (κ2) is 7.77. The molecule has 0 radical (unpaired) electrons. The van der Waals surface area contributed by atoms with Crippen LogP contribution in [-0.2, 0) is 11.3 Å². The molecule has 7 nitrogen and oxygen atoms in total. The van der Waals surface area contributed by atoms with Crippen LogP contribution in [0.2, 0.25) is 0 Å². The molecular weight excluding hydrogens is 330 g/mol. The van der Waals surface area contributed by atoms with Gasteiger partial charge in [-0.15, -0.1) is 10.2 Å². The summed E-state index contributed by atoms with van der Waals surface area (Å²) in [5.74, 6) is 1.14. The van der Waals surface area contributed by atoms with Crippen molar-refractivity contribution in [3.05, 3.63) is 60.2 Å². The van der Waals surface area contributed by atoms with E-state index in [2.05, 4.69) is 15.4 Å². The number of tetrazole rings is 1. The summed E-state index contributed by atoms with van der Waals surface area (Å²) < 4.78 is 5.39. The molecule has 0 spiro atoms. The Morgan fingerprint density at radius 1 is 1.15 bits per heavy atom. The van der Waals surface area contributed by atoms with Gasteiger partial charge in [0.15, 0.2) is 0 Å². The van der Waals surface area contributed by atoms with Gasteiger partial charge in [-0.1, -0.05) is 48.5 Å². The van der Waals surface area contributed by atoms with Gasteiger partial charge in [0.25, 0.3) is 0 Å². The molecule has 1 atom stereocenters. The molecule has 0 saturated carbocycles. The number of para-hydroxylation sites is 1. The number of rotatable bonds is 6. The number of methoxy groups -OCH3 is 1. The summed E-state index contributed by atoms with van der Waals surface area (Å²) >= 11 is 0. The summed E-state index contributed by atoms with van der Waals surface area (Å²) in [4.78, 5) is 15.6. The summed E-state index contributed by atoms with van der Waals surface area (Å²) in [6.07, 6.45) is 0. The minimum absolute atomic E-state index is 0.0236. The molecule has 0 saturated heterocycles. The molecule has 7 heteroatoms. The topological polar surface area (TPSA) is 73.1 Å². The van der Waals surface area contributed by atoms with E-state index < -0.39 is 0 Å². The lowest BCUT2D eigenvalue weighted by molar-refractivity contribution is -0.132. The molecule has 1 aromatic heterocycles. The van der Waals surface area contributed by atoms with E-state index >= 15 is 0 Å². The first-order valence-corrected chi connectivity index (χ1v) is 8.32. The SMILES string of the molecule is COc1ccccc1C(C)N(C)C(=O)Cn1nnc(-c2ccccc2)n1. The van der Waals surface area contributed by atoms with Gasteiger partial charge in [-0.25, -0.2) is 0 Å². The third kappa shape index (κ3) is 3.72. The van der Waals surface area contributed by atoms with Crippen molar-refractivity contribution in [3.8, 4) is 17.1 Å². The number of hydrogen-bond donors (Lipinski definition) is 0. The van der Waals surface area contributed by atoms with Crippen LogP contribution < -0.4 is 4.74 Å². The molecule has 1 unspecified atom stereocenters. The Balaban J connectivity index is 1.71. The normalized spacial score (nSPS) is 11.8. The van der Waals surface area contributed by atoms with E-state index in [1.54, 1.807) is 19.1 Å².